The summed E-state index contributed by atoms with van der Waals surface area (Å²) in [5.41, 5.74) is 3.90. The van der Waals surface area contributed by atoms with Crippen LogP contribution in [0.5, 0.6) is 0 Å². The van der Waals surface area contributed by atoms with Crippen molar-refractivity contribution in [1.29, 1.82) is 0 Å². The van der Waals surface area contributed by atoms with E-state index < -0.39 is 0 Å². The molecule has 0 amide bonds. The van der Waals surface area contributed by atoms with Crippen molar-refractivity contribution in [1.82, 2.24) is 0 Å². The van der Waals surface area contributed by atoms with E-state index in [1.54, 1.807) is 0 Å². The molecule has 0 saturated heterocycles. The van der Waals surface area contributed by atoms with Gasteiger partial charge in [0.05, 0.1) is 0 Å². The molecule has 1 aromatic carbocycles. The molecule has 0 aromatic heterocycles. The van der Waals surface area contributed by atoms with Crippen molar-refractivity contribution in [3.63, 3.8) is 0 Å². The van der Waals surface area contributed by atoms with Crippen molar-refractivity contribution in [3.05, 3.63) is 47.0 Å². The molecule has 11 heavy (non-hydrogen) atoms. The van der Waals surface area contributed by atoms with Gasteiger partial charge in [0.15, 0.2) is 0 Å². The van der Waals surface area contributed by atoms with Crippen molar-refractivity contribution in [2.45, 2.75) is 6.92 Å². The zero-order valence-electron chi connectivity index (χ0n) is 6.54. The zero-order valence-corrected chi connectivity index (χ0v) is 6.54. The van der Waals surface area contributed by atoms with Crippen molar-refractivity contribution in [2.24, 2.45) is 0 Å². The molecule has 0 spiro atoms. The first kappa shape index (κ1) is 6.41. The van der Waals surface area contributed by atoms with Crippen LogP contribution in [0.1, 0.15) is 18.1 Å². The van der Waals surface area contributed by atoms with Crippen LogP contribution in [0.4, 0.5) is 0 Å². The van der Waals surface area contributed by atoms with Crippen molar-refractivity contribution in [3.8, 4) is 0 Å². The monoisotopic (exact) mass is 142 g/mol. The van der Waals surface area contributed by atoms with Gasteiger partial charge >= 0.3 is 0 Å². The highest BCUT2D eigenvalue weighted by Gasteiger charge is 1.94. The number of allylic oxidation sites excluding steroid dienone is 2. The fraction of sp³-hybridized carbons (Fsp3) is 0.0909. The standard InChI is InChI=1S/C11H10/c1-9-5-6-10-3-2-4-11(7-9)8-10/h2-8H,1H3. The average Bonchev–Trinajstić information content (AvgIpc) is 2.12. The molecule has 0 saturated carbocycles. The molecule has 0 heterocycles. The maximum atomic E-state index is 2.19. The highest BCUT2D eigenvalue weighted by atomic mass is 14.0. The van der Waals surface area contributed by atoms with E-state index in [9.17, 15) is 0 Å². The smallest absolute Gasteiger partial charge is 0.0248 e. The van der Waals surface area contributed by atoms with Crippen LogP contribution >= 0.6 is 0 Å². The summed E-state index contributed by atoms with van der Waals surface area (Å²) in [6, 6.07) is 8.52. The van der Waals surface area contributed by atoms with Crippen LogP contribution in [0, 0.1) is 0 Å². The van der Waals surface area contributed by atoms with Gasteiger partial charge in [-0.15, -0.1) is 0 Å². The number of benzene rings is 1. The van der Waals surface area contributed by atoms with E-state index in [0.717, 1.165) is 0 Å². The molecule has 2 bridgehead atoms. The largest absolute Gasteiger partial charge is 0.0611 e. The third-order valence-electron chi connectivity index (χ3n) is 1.84. The Morgan fingerprint density at radius 3 is 2.73 bits per heavy atom. The van der Waals surface area contributed by atoms with Gasteiger partial charge in [-0.25, -0.2) is 0 Å². The Morgan fingerprint density at radius 1 is 1.00 bits per heavy atom. The Hall–Kier alpha value is -1.30. The minimum Gasteiger partial charge on any atom is -0.0611 e. The highest BCUT2D eigenvalue weighted by molar-refractivity contribution is 5.67. The van der Waals surface area contributed by atoms with Crippen LogP contribution < -0.4 is 0 Å². The summed E-state index contributed by atoms with van der Waals surface area (Å²) in [4.78, 5) is 0. The minimum atomic E-state index is 1.29. The molecule has 1 aromatic rings. The molecule has 0 fully saturated rings. The van der Waals surface area contributed by atoms with Crippen molar-refractivity contribution in [2.75, 3.05) is 0 Å². The van der Waals surface area contributed by atoms with Crippen LogP contribution in [0.25, 0.3) is 12.2 Å². The van der Waals surface area contributed by atoms with Gasteiger partial charge < -0.3 is 0 Å². The Bertz CT molecular complexity index is 330. The van der Waals surface area contributed by atoms with Crippen LogP contribution in [-0.4, -0.2) is 0 Å². The summed E-state index contributed by atoms with van der Waals surface area (Å²) in [6.07, 6.45) is 6.47. The summed E-state index contributed by atoms with van der Waals surface area (Å²) >= 11 is 0. The van der Waals surface area contributed by atoms with E-state index in [4.69, 9.17) is 0 Å². The molecule has 0 nitrogen and oxygen atoms in total. The Morgan fingerprint density at radius 2 is 1.82 bits per heavy atom. The third kappa shape index (κ3) is 1.25. The first-order valence-electron chi connectivity index (χ1n) is 3.81. The molecule has 1 aliphatic rings. The number of rotatable bonds is 0. The molecule has 0 radical (unpaired) electrons. The van der Waals surface area contributed by atoms with Crippen LogP contribution in [0.2, 0.25) is 0 Å². The Balaban J connectivity index is 2.62. The number of hydrogen-bond donors (Lipinski definition) is 0. The Labute approximate surface area is 66.9 Å². The SMILES string of the molecule is CC1=Cc2cccc(c2)C=C1. The van der Waals surface area contributed by atoms with Crippen LogP contribution in [-0.2, 0) is 0 Å². The van der Waals surface area contributed by atoms with E-state index >= 15 is 0 Å². The van der Waals surface area contributed by atoms with E-state index in [0.29, 0.717) is 0 Å². The topological polar surface area (TPSA) is 0 Å². The first-order chi connectivity index (χ1) is 5.34. The van der Waals surface area contributed by atoms with Gasteiger partial charge in [0.25, 0.3) is 0 Å². The maximum absolute atomic E-state index is 2.19. The normalized spacial score (nSPS) is 14.1. The van der Waals surface area contributed by atoms with Crippen molar-refractivity contribution >= 4 is 12.2 Å². The lowest BCUT2D eigenvalue weighted by molar-refractivity contribution is 1.58. The molecule has 0 unspecified atom stereocenters. The van der Waals surface area contributed by atoms with Gasteiger partial charge in [0, 0.05) is 0 Å². The number of fused-ring (bicyclic) bond motifs is 2. The molecule has 2 rings (SSSR count). The number of hydrogen-bond acceptors (Lipinski definition) is 0. The van der Waals surface area contributed by atoms with E-state index in [1.807, 2.05) is 0 Å². The fourth-order valence-corrected chi connectivity index (χ4v) is 1.29. The van der Waals surface area contributed by atoms with E-state index in [1.165, 1.54) is 16.7 Å². The summed E-state index contributed by atoms with van der Waals surface area (Å²) in [7, 11) is 0. The van der Waals surface area contributed by atoms with Gasteiger partial charge in [0.1, 0.15) is 0 Å². The second-order valence-electron chi connectivity index (χ2n) is 2.89. The lowest BCUT2D eigenvalue weighted by Gasteiger charge is -1.92. The summed E-state index contributed by atoms with van der Waals surface area (Å²) in [5.74, 6) is 0. The molecular formula is C11H10. The molecular weight excluding hydrogens is 132 g/mol. The molecule has 0 atom stereocenters. The van der Waals surface area contributed by atoms with Crippen molar-refractivity contribution < 1.29 is 0 Å². The molecule has 0 heteroatoms. The minimum absolute atomic E-state index is 1.29. The van der Waals surface area contributed by atoms with E-state index in [2.05, 4.69) is 49.4 Å². The van der Waals surface area contributed by atoms with Crippen LogP contribution in [0.15, 0.2) is 35.9 Å². The lowest BCUT2D eigenvalue weighted by atomic mass is 10.1. The van der Waals surface area contributed by atoms with Gasteiger partial charge in [-0.2, -0.15) is 0 Å². The van der Waals surface area contributed by atoms with E-state index in [-0.39, 0.29) is 0 Å². The average molecular weight is 142 g/mol. The second kappa shape index (κ2) is 2.39. The quantitative estimate of drug-likeness (QED) is 0.522. The second-order valence-corrected chi connectivity index (χ2v) is 2.89. The molecule has 54 valence electrons. The zero-order chi connectivity index (χ0) is 7.68. The molecule has 0 N–H and O–H groups in total. The van der Waals surface area contributed by atoms with Crippen LogP contribution in [0.3, 0.4) is 0 Å². The highest BCUT2D eigenvalue weighted by Crippen LogP contribution is 2.16. The third-order valence-corrected chi connectivity index (χ3v) is 1.84. The predicted molar refractivity (Wildman–Crippen MR) is 49.1 cm³/mol. The fourth-order valence-electron chi connectivity index (χ4n) is 1.29. The van der Waals surface area contributed by atoms with Gasteiger partial charge in [-0.1, -0.05) is 42.0 Å². The summed E-state index contributed by atoms with van der Waals surface area (Å²) in [6.45, 7) is 2.12. The lowest BCUT2D eigenvalue weighted by Crippen LogP contribution is -1.72. The summed E-state index contributed by atoms with van der Waals surface area (Å²) in [5, 5.41) is 0. The Kier molecular flexibility index (Phi) is 1.39. The maximum Gasteiger partial charge on any atom is -0.0248 e. The first-order valence-corrected chi connectivity index (χ1v) is 3.81. The molecule has 0 aliphatic heterocycles. The van der Waals surface area contributed by atoms with Gasteiger partial charge in [-0.05, 0) is 24.1 Å². The summed E-state index contributed by atoms with van der Waals surface area (Å²) < 4.78 is 0. The predicted octanol–water partition coefficient (Wildman–Crippen LogP) is 3.12. The van der Waals surface area contributed by atoms with Gasteiger partial charge in [0.2, 0.25) is 0 Å². The molecule has 1 aliphatic carbocycles. The van der Waals surface area contributed by atoms with Gasteiger partial charge in [-0.3, -0.25) is 0 Å².